The highest BCUT2D eigenvalue weighted by molar-refractivity contribution is 4.78. The number of rotatable bonds is 5. The van der Waals surface area contributed by atoms with Gasteiger partial charge in [-0.15, -0.1) is 0 Å². The van der Waals surface area contributed by atoms with Gasteiger partial charge in [0.25, 0.3) is 0 Å². The Morgan fingerprint density at radius 1 is 1.12 bits per heavy atom. The summed E-state index contributed by atoms with van der Waals surface area (Å²) in [5.74, 6) is 0. The standard InChI is InChI=1S/C14H30N2O/c1-14(2,17-15-3)12-16(4)13-10-8-6-5-7-9-11-13/h13,15H,5-12H2,1-4H3. The summed E-state index contributed by atoms with van der Waals surface area (Å²) in [6.45, 7) is 5.27. The fraction of sp³-hybridized carbons (Fsp3) is 1.00. The number of hydroxylamine groups is 1. The van der Waals surface area contributed by atoms with Crippen molar-refractivity contribution in [2.24, 2.45) is 0 Å². The molecule has 0 unspecified atom stereocenters. The molecule has 1 aliphatic rings. The van der Waals surface area contributed by atoms with E-state index in [1.54, 1.807) is 0 Å². The zero-order chi connectivity index (χ0) is 12.7. The van der Waals surface area contributed by atoms with Crippen molar-refractivity contribution < 1.29 is 4.84 Å². The highest BCUT2D eigenvalue weighted by Crippen LogP contribution is 2.22. The number of hydrogen-bond donors (Lipinski definition) is 1. The predicted octanol–water partition coefficient (Wildman–Crippen LogP) is 2.96. The topological polar surface area (TPSA) is 24.5 Å². The average molecular weight is 242 g/mol. The normalized spacial score (nSPS) is 20.3. The Kier molecular flexibility index (Phi) is 6.45. The van der Waals surface area contributed by atoms with Crippen LogP contribution in [0.1, 0.15) is 58.8 Å². The van der Waals surface area contributed by atoms with Crippen molar-refractivity contribution in [3.05, 3.63) is 0 Å². The van der Waals surface area contributed by atoms with Crippen molar-refractivity contribution in [1.82, 2.24) is 10.4 Å². The van der Waals surface area contributed by atoms with Crippen molar-refractivity contribution in [3.63, 3.8) is 0 Å². The van der Waals surface area contributed by atoms with Gasteiger partial charge in [0.05, 0.1) is 5.60 Å². The Morgan fingerprint density at radius 2 is 1.65 bits per heavy atom. The van der Waals surface area contributed by atoms with E-state index in [9.17, 15) is 0 Å². The zero-order valence-electron chi connectivity index (χ0n) is 12.1. The van der Waals surface area contributed by atoms with Gasteiger partial charge >= 0.3 is 0 Å². The lowest BCUT2D eigenvalue weighted by atomic mass is 9.95. The molecule has 1 aliphatic carbocycles. The molecule has 0 aliphatic heterocycles. The SMILES string of the molecule is CNOC(C)(C)CN(C)C1CCCCCCC1. The molecule has 0 atom stereocenters. The van der Waals surface area contributed by atoms with Crippen LogP contribution in [0.2, 0.25) is 0 Å². The van der Waals surface area contributed by atoms with E-state index in [4.69, 9.17) is 4.84 Å². The first-order chi connectivity index (χ1) is 8.05. The molecule has 0 aromatic heterocycles. The zero-order valence-corrected chi connectivity index (χ0v) is 12.1. The average Bonchev–Trinajstić information content (AvgIpc) is 2.14. The van der Waals surface area contributed by atoms with Crippen molar-refractivity contribution >= 4 is 0 Å². The van der Waals surface area contributed by atoms with Crippen molar-refractivity contribution in [2.75, 3.05) is 20.6 Å². The van der Waals surface area contributed by atoms with Gasteiger partial charge in [-0.3, -0.25) is 4.84 Å². The summed E-state index contributed by atoms with van der Waals surface area (Å²) in [4.78, 5) is 8.04. The monoisotopic (exact) mass is 242 g/mol. The second-order valence-corrected chi connectivity index (χ2v) is 5.98. The molecular weight excluding hydrogens is 212 g/mol. The molecule has 0 heterocycles. The summed E-state index contributed by atoms with van der Waals surface area (Å²) in [5, 5.41) is 0. The number of nitrogens with one attached hydrogen (secondary N) is 1. The lowest BCUT2D eigenvalue weighted by Crippen LogP contribution is -2.45. The molecule has 1 N–H and O–H groups in total. The highest BCUT2D eigenvalue weighted by atomic mass is 16.7. The molecule has 0 bridgehead atoms. The Labute approximate surface area is 107 Å². The van der Waals surface area contributed by atoms with E-state index in [0.717, 1.165) is 12.6 Å². The molecule has 1 rings (SSSR count). The molecule has 0 saturated heterocycles. The van der Waals surface area contributed by atoms with E-state index in [-0.39, 0.29) is 5.60 Å². The van der Waals surface area contributed by atoms with Crippen LogP contribution < -0.4 is 5.48 Å². The smallest absolute Gasteiger partial charge is 0.0966 e. The van der Waals surface area contributed by atoms with Crippen LogP contribution in [0.25, 0.3) is 0 Å². The fourth-order valence-corrected chi connectivity index (χ4v) is 2.91. The molecule has 0 aromatic carbocycles. The number of likely N-dealkylation sites (N-methyl/N-ethyl adjacent to an activating group) is 1. The third-order valence-corrected chi connectivity index (χ3v) is 3.71. The van der Waals surface area contributed by atoms with Crippen LogP contribution in [0.3, 0.4) is 0 Å². The second kappa shape index (κ2) is 7.34. The summed E-state index contributed by atoms with van der Waals surface area (Å²) < 4.78 is 0. The van der Waals surface area contributed by atoms with Crippen molar-refractivity contribution in [2.45, 2.75) is 70.4 Å². The van der Waals surface area contributed by atoms with Gasteiger partial charge in [-0.05, 0) is 33.7 Å². The third kappa shape index (κ3) is 5.84. The first-order valence-electron chi connectivity index (χ1n) is 7.10. The van der Waals surface area contributed by atoms with Crippen LogP contribution in [-0.2, 0) is 4.84 Å². The maximum atomic E-state index is 5.56. The molecule has 0 spiro atoms. The van der Waals surface area contributed by atoms with Crippen LogP contribution in [0.15, 0.2) is 0 Å². The molecule has 102 valence electrons. The van der Waals surface area contributed by atoms with Crippen LogP contribution in [0.4, 0.5) is 0 Å². The molecule has 17 heavy (non-hydrogen) atoms. The van der Waals surface area contributed by atoms with Gasteiger partial charge in [-0.2, -0.15) is 0 Å². The van der Waals surface area contributed by atoms with E-state index in [1.807, 2.05) is 7.05 Å². The Bertz CT molecular complexity index is 198. The van der Waals surface area contributed by atoms with Gasteiger partial charge in [0.15, 0.2) is 0 Å². The van der Waals surface area contributed by atoms with E-state index in [1.165, 1.54) is 44.9 Å². The van der Waals surface area contributed by atoms with E-state index >= 15 is 0 Å². The van der Waals surface area contributed by atoms with Crippen LogP contribution in [0.5, 0.6) is 0 Å². The summed E-state index contributed by atoms with van der Waals surface area (Å²) in [6.07, 6.45) is 9.76. The van der Waals surface area contributed by atoms with Gasteiger partial charge in [-0.1, -0.05) is 32.1 Å². The molecule has 3 heteroatoms. The summed E-state index contributed by atoms with van der Waals surface area (Å²) in [6, 6.07) is 0.745. The highest BCUT2D eigenvalue weighted by Gasteiger charge is 2.25. The quantitative estimate of drug-likeness (QED) is 0.750. The number of hydrogen-bond acceptors (Lipinski definition) is 3. The minimum absolute atomic E-state index is 0.119. The minimum atomic E-state index is -0.119. The fourth-order valence-electron chi connectivity index (χ4n) is 2.91. The molecule has 0 amide bonds. The molecule has 0 radical (unpaired) electrons. The van der Waals surface area contributed by atoms with E-state index in [2.05, 4.69) is 31.3 Å². The van der Waals surface area contributed by atoms with E-state index in [0.29, 0.717) is 0 Å². The van der Waals surface area contributed by atoms with Gasteiger partial charge < -0.3 is 4.90 Å². The number of nitrogens with zero attached hydrogens (tertiary/aromatic N) is 1. The van der Waals surface area contributed by atoms with Crippen molar-refractivity contribution in [1.29, 1.82) is 0 Å². The van der Waals surface area contributed by atoms with Gasteiger partial charge in [0.1, 0.15) is 0 Å². The maximum Gasteiger partial charge on any atom is 0.0966 e. The first-order valence-corrected chi connectivity index (χ1v) is 7.10. The Hall–Kier alpha value is -0.120. The minimum Gasteiger partial charge on any atom is -0.300 e. The lowest BCUT2D eigenvalue weighted by Gasteiger charge is -2.35. The molecule has 1 saturated carbocycles. The van der Waals surface area contributed by atoms with Gasteiger partial charge in [0.2, 0.25) is 0 Å². The summed E-state index contributed by atoms with van der Waals surface area (Å²) in [5.41, 5.74) is 2.69. The molecular formula is C14H30N2O. The van der Waals surface area contributed by atoms with Gasteiger partial charge in [-0.25, -0.2) is 5.48 Å². The molecule has 0 aromatic rings. The Balaban J connectivity index is 2.40. The predicted molar refractivity (Wildman–Crippen MR) is 73.0 cm³/mol. The van der Waals surface area contributed by atoms with Crippen LogP contribution in [0, 0.1) is 0 Å². The van der Waals surface area contributed by atoms with E-state index < -0.39 is 0 Å². The molecule has 1 fully saturated rings. The maximum absolute atomic E-state index is 5.56. The van der Waals surface area contributed by atoms with Crippen LogP contribution in [-0.4, -0.2) is 37.2 Å². The summed E-state index contributed by atoms with van der Waals surface area (Å²) >= 11 is 0. The lowest BCUT2D eigenvalue weighted by molar-refractivity contribution is -0.0919. The van der Waals surface area contributed by atoms with Crippen LogP contribution >= 0.6 is 0 Å². The second-order valence-electron chi connectivity index (χ2n) is 5.98. The largest absolute Gasteiger partial charge is 0.300 e. The van der Waals surface area contributed by atoms with Crippen molar-refractivity contribution in [3.8, 4) is 0 Å². The third-order valence-electron chi connectivity index (χ3n) is 3.71. The Morgan fingerprint density at radius 3 is 2.18 bits per heavy atom. The molecule has 3 nitrogen and oxygen atoms in total. The summed E-state index contributed by atoms with van der Waals surface area (Å²) in [7, 11) is 4.07. The van der Waals surface area contributed by atoms with Gasteiger partial charge in [0, 0.05) is 19.6 Å². The first kappa shape index (κ1) is 14.9.